The van der Waals surface area contributed by atoms with E-state index >= 15 is 0 Å². The van der Waals surface area contributed by atoms with Crippen LogP contribution >= 0.6 is 0 Å². The minimum absolute atomic E-state index is 0.653. The Morgan fingerprint density at radius 2 is 1.79 bits per heavy atom. The van der Waals surface area contributed by atoms with Crippen LogP contribution in [0.4, 0.5) is 0 Å². The molecule has 1 aliphatic rings. The van der Waals surface area contributed by atoms with Crippen LogP contribution < -0.4 is 5.32 Å². The van der Waals surface area contributed by atoms with Gasteiger partial charge in [-0.05, 0) is 44.7 Å². The van der Waals surface area contributed by atoms with Gasteiger partial charge in [0.2, 0.25) is 0 Å². The van der Waals surface area contributed by atoms with Crippen LogP contribution in [-0.4, -0.2) is 13.1 Å². The van der Waals surface area contributed by atoms with E-state index in [1.54, 1.807) is 0 Å². The molecule has 19 heavy (non-hydrogen) atoms. The molecule has 0 saturated heterocycles. The molecule has 0 radical (unpaired) electrons. The fraction of sp³-hybridized carbons (Fsp3) is 0.667. The molecule has 1 aliphatic carbocycles. The maximum absolute atomic E-state index is 3.59. The average Bonchev–Trinajstić information content (AvgIpc) is 2.36. The number of hydrogen-bond donors (Lipinski definition) is 1. The van der Waals surface area contributed by atoms with Crippen LogP contribution in [0.25, 0.3) is 0 Å². The summed E-state index contributed by atoms with van der Waals surface area (Å²) in [6, 6.07) is 9.65. The van der Waals surface area contributed by atoms with Gasteiger partial charge in [-0.1, -0.05) is 61.9 Å². The smallest absolute Gasteiger partial charge is 0.0133 e. The molecule has 0 aliphatic heterocycles. The van der Waals surface area contributed by atoms with Crippen LogP contribution in [0.5, 0.6) is 0 Å². The Kier molecular flexibility index (Phi) is 5.91. The van der Waals surface area contributed by atoms with Gasteiger partial charge in [0.15, 0.2) is 0 Å². The first kappa shape index (κ1) is 14.6. The van der Waals surface area contributed by atoms with Crippen molar-refractivity contribution in [2.75, 3.05) is 7.05 Å². The van der Waals surface area contributed by atoms with E-state index in [4.69, 9.17) is 0 Å². The zero-order valence-electron chi connectivity index (χ0n) is 12.6. The van der Waals surface area contributed by atoms with Gasteiger partial charge >= 0.3 is 0 Å². The third-order valence-corrected chi connectivity index (χ3v) is 4.63. The largest absolute Gasteiger partial charge is 0.316 e. The highest BCUT2D eigenvalue weighted by Crippen LogP contribution is 2.26. The SMILES string of the molecule is CNC(Cc1cccc(C)c1)C1CCCCCCC1. The van der Waals surface area contributed by atoms with E-state index in [1.165, 1.54) is 62.5 Å². The molecule has 1 aromatic carbocycles. The molecular weight excluding hydrogens is 230 g/mol. The third-order valence-electron chi connectivity index (χ3n) is 4.63. The van der Waals surface area contributed by atoms with Crippen LogP contribution in [0.1, 0.15) is 56.1 Å². The second-order valence-corrected chi connectivity index (χ2v) is 6.19. The quantitative estimate of drug-likeness (QED) is 0.840. The van der Waals surface area contributed by atoms with E-state index < -0.39 is 0 Å². The highest BCUT2D eigenvalue weighted by molar-refractivity contribution is 5.23. The Morgan fingerprint density at radius 1 is 1.11 bits per heavy atom. The molecule has 0 spiro atoms. The Labute approximate surface area is 118 Å². The number of aryl methyl sites for hydroxylation is 1. The monoisotopic (exact) mass is 259 g/mol. The van der Waals surface area contributed by atoms with Crippen molar-refractivity contribution in [2.24, 2.45) is 5.92 Å². The molecule has 0 heterocycles. The van der Waals surface area contributed by atoms with Crippen molar-refractivity contribution < 1.29 is 0 Å². The van der Waals surface area contributed by atoms with E-state index in [0.29, 0.717) is 6.04 Å². The molecular formula is C18H29N. The van der Waals surface area contributed by atoms with Gasteiger partial charge in [-0.15, -0.1) is 0 Å². The molecule has 2 rings (SSSR count). The summed E-state index contributed by atoms with van der Waals surface area (Å²) in [5.74, 6) is 0.866. The molecule has 1 aromatic rings. The number of hydrogen-bond acceptors (Lipinski definition) is 1. The molecule has 1 nitrogen and oxygen atoms in total. The van der Waals surface area contributed by atoms with Crippen LogP contribution in [-0.2, 0) is 6.42 Å². The molecule has 106 valence electrons. The first-order valence-corrected chi connectivity index (χ1v) is 8.02. The number of benzene rings is 1. The van der Waals surface area contributed by atoms with Crippen molar-refractivity contribution in [1.82, 2.24) is 5.32 Å². The zero-order chi connectivity index (χ0) is 13.5. The lowest BCUT2D eigenvalue weighted by Crippen LogP contribution is -2.36. The summed E-state index contributed by atoms with van der Waals surface area (Å²) in [6.07, 6.45) is 11.2. The molecule has 0 amide bonds. The molecule has 1 heteroatoms. The predicted octanol–water partition coefficient (Wildman–Crippen LogP) is 4.49. The maximum Gasteiger partial charge on any atom is 0.0133 e. The Balaban J connectivity index is 1.97. The van der Waals surface area contributed by atoms with Gasteiger partial charge in [0.25, 0.3) is 0 Å². The van der Waals surface area contributed by atoms with E-state index in [2.05, 4.69) is 43.6 Å². The van der Waals surface area contributed by atoms with Gasteiger partial charge in [0.05, 0.1) is 0 Å². The summed E-state index contributed by atoms with van der Waals surface area (Å²) in [7, 11) is 2.14. The molecule has 0 bridgehead atoms. The van der Waals surface area contributed by atoms with Gasteiger partial charge in [-0.25, -0.2) is 0 Å². The van der Waals surface area contributed by atoms with Crippen molar-refractivity contribution in [3.05, 3.63) is 35.4 Å². The predicted molar refractivity (Wildman–Crippen MR) is 83.5 cm³/mol. The average molecular weight is 259 g/mol. The Bertz CT molecular complexity index is 364. The van der Waals surface area contributed by atoms with Gasteiger partial charge in [-0.3, -0.25) is 0 Å². The summed E-state index contributed by atoms with van der Waals surface area (Å²) in [5, 5.41) is 3.59. The van der Waals surface area contributed by atoms with Crippen molar-refractivity contribution in [1.29, 1.82) is 0 Å². The van der Waals surface area contributed by atoms with Crippen LogP contribution in [0.2, 0.25) is 0 Å². The van der Waals surface area contributed by atoms with E-state index in [0.717, 1.165) is 5.92 Å². The fourth-order valence-corrected chi connectivity index (χ4v) is 3.49. The van der Waals surface area contributed by atoms with Crippen molar-refractivity contribution in [3.63, 3.8) is 0 Å². The number of nitrogens with one attached hydrogen (secondary N) is 1. The Morgan fingerprint density at radius 3 is 2.42 bits per heavy atom. The van der Waals surface area contributed by atoms with Crippen LogP contribution in [0.3, 0.4) is 0 Å². The highest BCUT2D eigenvalue weighted by atomic mass is 14.9. The van der Waals surface area contributed by atoms with E-state index in [1.807, 2.05) is 0 Å². The summed E-state index contributed by atoms with van der Waals surface area (Å²) in [5.41, 5.74) is 2.87. The van der Waals surface area contributed by atoms with Gasteiger partial charge < -0.3 is 5.32 Å². The second-order valence-electron chi connectivity index (χ2n) is 6.19. The molecule has 1 saturated carbocycles. The lowest BCUT2D eigenvalue weighted by Gasteiger charge is -2.28. The second kappa shape index (κ2) is 7.69. The normalized spacial score (nSPS) is 19.7. The van der Waals surface area contributed by atoms with Crippen LogP contribution in [0.15, 0.2) is 24.3 Å². The van der Waals surface area contributed by atoms with E-state index in [9.17, 15) is 0 Å². The van der Waals surface area contributed by atoms with Gasteiger partial charge in [0.1, 0.15) is 0 Å². The van der Waals surface area contributed by atoms with Gasteiger partial charge in [0, 0.05) is 6.04 Å². The standard InChI is InChI=1S/C18H29N/c1-15-9-8-10-16(13-15)14-18(19-2)17-11-6-4-3-5-7-12-17/h8-10,13,17-19H,3-7,11-12,14H2,1-2H3. The molecule has 1 fully saturated rings. The molecule has 1 N–H and O–H groups in total. The molecule has 1 unspecified atom stereocenters. The minimum Gasteiger partial charge on any atom is -0.316 e. The third kappa shape index (κ3) is 4.65. The number of rotatable bonds is 4. The van der Waals surface area contributed by atoms with Gasteiger partial charge in [-0.2, -0.15) is 0 Å². The highest BCUT2D eigenvalue weighted by Gasteiger charge is 2.20. The topological polar surface area (TPSA) is 12.0 Å². The lowest BCUT2D eigenvalue weighted by atomic mass is 9.83. The lowest BCUT2D eigenvalue weighted by molar-refractivity contribution is 0.294. The zero-order valence-corrected chi connectivity index (χ0v) is 12.6. The summed E-state index contributed by atoms with van der Waals surface area (Å²) >= 11 is 0. The fourth-order valence-electron chi connectivity index (χ4n) is 3.49. The Hall–Kier alpha value is -0.820. The minimum atomic E-state index is 0.653. The first-order chi connectivity index (χ1) is 9.29. The molecule has 1 atom stereocenters. The number of likely N-dealkylation sites (N-methyl/N-ethyl adjacent to an activating group) is 1. The summed E-state index contributed by atoms with van der Waals surface area (Å²) in [4.78, 5) is 0. The van der Waals surface area contributed by atoms with Crippen molar-refractivity contribution in [3.8, 4) is 0 Å². The van der Waals surface area contributed by atoms with Crippen LogP contribution in [0, 0.1) is 12.8 Å². The van der Waals surface area contributed by atoms with Crippen molar-refractivity contribution in [2.45, 2.75) is 64.3 Å². The van der Waals surface area contributed by atoms with Crippen molar-refractivity contribution >= 4 is 0 Å². The summed E-state index contributed by atoms with van der Waals surface area (Å²) in [6.45, 7) is 2.19. The first-order valence-electron chi connectivity index (χ1n) is 8.02. The maximum atomic E-state index is 3.59. The van der Waals surface area contributed by atoms with E-state index in [-0.39, 0.29) is 0 Å². The molecule has 0 aromatic heterocycles. The summed E-state index contributed by atoms with van der Waals surface area (Å²) < 4.78 is 0.